The molecule has 0 aromatic heterocycles. The van der Waals surface area contributed by atoms with E-state index in [-0.39, 0.29) is 5.56 Å². The standard InChI is InChI=1S/C12H11F2IO5/c1-11(2,12(13,14)10(18)19)20-9(17)7-5-6(15)3-4-8(7)16/h3-5,16H,1-2H3,(H,18,19). The third-order valence-corrected chi connectivity index (χ3v) is 3.22. The Morgan fingerprint density at radius 2 is 1.85 bits per heavy atom. The largest absolute Gasteiger partial charge is 0.507 e. The topological polar surface area (TPSA) is 83.8 Å². The molecular weight excluding hydrogens is 389 g/mol. The van der Waals surface area contributed by atoms with Crippen LogP contribution < -0.4 is 0 Å². The Balaban J connectivity index is 3.06. The van der Waals surface area contributed by atoms with E-state index in [0.29, 0.717) is 3.57 Å². The van der Waals surface area contributed by atoms with Crippen LogP contribution in [0.2, 0.25) is 0 Å². The molecule has 5 nitrogen and oxygen atoms in total. The number of phenols is 1. The zero-order valence-corrected chi connectivity index (χ0v) is 12.6. The zero-order chi connectivity index (χ0) is 15.7. The van der Waals surface area contributed by atoms with Crippen LogP contribution in [0.15, 0.2) is 18.2 Å². The summed E-state index contributed by atoms with van der Waals surface area (Å²) in [5.74, 6) is -8.33. The molecule has 0 aliphatic rings. The number of carboxylic acids is 1. The Bertz CT molecular complexity index is 557. The quantitative estimate of drug-likeness (QED) is 0.600. The van der Waals surface area contributed by atoms with Crippen molar-refractivity contribution in [2.24, 2.45) is 0 Å². The molecule has 1 aromatic rings. The van der Waals surface area contributed by atoms with Crippen LogP contribution in [0.5, 0.6) is 5.75 Å². The highest BCUT2D eigenvalue weighted by molar-refractivity contribution is 14.1. The number of aromatic hydroxyl groups is 1. The number of halogens is 3. The van der Waals surface area contributed by atoms with E-state index in [1.807, 2.05) is 22.6 Å². The first-order chi connectivity index (χ1) is 8.99. The lowest BCUT2D eigenvalue weighted by molar-refractivity contribution is -0.200. The fourth-order valence-corrected chi connectivity index (χ4v) is 1.77. The summed E-state index contributed by atoms with van der Waals surface area (Å²) < 4.78 is 32.0. The first-order valence-corrected chi connectivity index (χ1v) is 6.40. The maximum Gasteiger partial charge on any atom is 0.380 e. The molecule has 2 N–H and O–H groups in total. The number of aliphatic carboxylic acids is 1. The molecule has 0 unspecified atom stereocenters. The number of hydrogen-bond donors (Lipinski definition) is 2. The van der Waals surface area contributed by atoms with Crippen molar-refractivity contribution in [1.29, 1.82) is 0 Å². The molecule has 0 radical (unpaired) electrons. The molecule has 0 fully saturated rings. The maximum atomic E-state index is 13.4. The molecular formula is C12H11F2IO5. The summed E-state index contributed by atoms with van der Waals surface area (Å²) in [4.78, 5) is 22.3. The van der Waals surface area contributed by atoms with Gasteiger partial charge in [-0.3, -0.25) is 0 Å². The van der Waals surface area contributed by atoms with Gasteiger partial charge in [0.1, 0.15) is 11.3 Å². The van der Waals surface area contributed by atoms with Gasteiger partial charge in [-0.1, -0.05) is 0 Å². The Kier molecular flexibility index (Phi) is 4.57. The van der Waals surface area contributed by atoms with Gasteiger partial charge in [-0.05, 0) is 54.6 Å². The number of alkyl halides is 2. The summed E-state index contributed by atoms with van der Waals surface area (Å²) in [5.41, 5.74) is -2.88. The molecule has 0 aliphatic carbocycles. The van der Waals surface area contributed by atoms with E-state index >= 15 is 0 Å². The summed E-state index contributed by atoms with van der Waals surface area (Å²) >= 11 is 1.86. The predicted octanol–water partition coefficient (Wildman–Crippen LogP) is 2.65. The van der Waals surface area contributed by atoms with Crippen molar-refractivity contribution in [2.45, 2.75) is 25.4 Å². The SMILES string of the molecule is CC(C)(OC(=O)c1cc(I)ccc1O)C(F)(F)C(=O)O. The number of hydrogen-bond acceptors (Lipinski definition) is 4. The molecule has 0 spiro atoms. The van der Waals surface area contributed by atoms with Gasteiger partial charge in [-0.15, -0.1) is 0 Å². The molecule has 1 rings (SSSR count). The van der Waals surface area contributed by atoms with Crippen molar-refractivity contribution in [3.05, 3.63) is 27.3 Å². The summed E-state index contributed by atoms with van der Waals surface area (Å²) in [6.45, 7) is 1.56. The number of carboxylic acid groups (broad SMARTS) is 1. The first-order valence-electron chi connectivity index (χ1n) is 5.32. The van der Waals surface area contributed by atoms with Gasteiger partial charge in [-0.2, -0.15) is 8.78 Å². The highest BCUT2D eigenvalue weighted by Crippen LogP contribution is 2.33. The average molecular weight is 400 g/mol. The Morgan fingerprint density at radius 1 is 1.30 bits per heavy atom. The van der Waals surface area contributed by atoms with Crippen LogP contribution in [0.25, 0.3) is 0 Å². The molecule has 1 aromatic carbocycles. The normalized spacial score (nSPS) is 12.1. The Labute approximate surface area is 126 Å². The van der Waals surface area contributed by atoms with Crippen molar-refractivity contribution in [2.75, 3.05) is 0 Å². The van der Waals surface area contributed by atoms with Crippen LogP contribution in [0, 0.1) is 3.57 Å². The number of ether oxygens (including phenoxy) is 1. The van der Waals surface area contributed by atoms with E-state index in [4.69, 9.17) is 5.11 Å². The van der Waals surface area contributed by atoms with Crippen molar-refractivity contribution in [3.63, 3.8) is 0 Å². The average Bonchev–Trinajstić information content (AvgIpc) is 2.31. The molecule has 20 heavy (non-hydrogen) atoms. The predicted molar refractivity (Wildman–Crippen MR) is 72.9 cm³/mol. The van der Waals surface area contributed by atoms with Crippen molar-refractivity contribution in [1.82, 2.24) is 0 Å². The van der Waals surface area contributed by atoms with E-state index < -0.39 is 29.2 Å². The van der Waals surface area contributed by atoms with Gasteiger partial charge >= 0.3 is 17.9 Å². The van der Waals surface area contributed by atoms with E-state index in [0.717, 1.165) is 13.8 Å². The molecule has 0 atom stereocenters. The van der Waals surface area contributed by atoms with Crippen LogP contribution in [-0.4, -0.2) is 33.7 Å². The van der Waals surface area contributed by atoms with Crippen LogP contribution in [0.3, 0.4) is 0 Å². The van der Waals surface area contributed by atoms with Crippen molar-refractivity contribution >= 4 is 34.5 Å². The Hall–Kier alpha value is -1.45. The second kappa shape index (κ2) is 5.51. The van der Waals surface area contributed by atoms with Crippen LogP contribution in [-0.2, 0) is 9.53 Å². The lowest BCUT2D eigenvalue weighted by atomic mass is 10.0. The minimum Gasteiger partial charge on any atom is -0.507 e. The Morgan fingerprint density at radius 3 is 2.35 bits per heavy atom. The van der Waals surface area contributed by atoms with Gasteiger partial charge < -0.3 is 14.9 Å². The van der Waals surface area contributed by atoms with E-state index in [1.54, 1.807) is 0 Å². The minimum atomic E-state index is -4.26. The lowest BCUT2D eigenvalue weighted by Gasteiger charge is -2.30. The highest BCUT2D eigenvalue weighted by Gasteiger charge is 2.57. The second-order valence-corrected chi connectivity index (χ2v) is 5.69. The molecule has 0 saturated heterocycles. The highest BCUT2D eigenvalue weighted by atomic mass is 127. The van der Waals surface area contributed by atoms with E-state index in [9.17, 15) is 23.5 Å². The zero-order valence-electron chi connectivity index (χ0n) is 10.5. The molecule has 8 heteroatoms. The number of esters is 1. The monoisotopic (exact) mass is 400 g/mol. The molecule has 0 saturated carbocycles. The van der Waals surface area contributed by atoms with E-state index in [1.165, 1.54) is 18.2 Å². The van der Waals surface area contributed by atoms with Crippen molar-refractivity contribution in [3.8, 4) is 5.75 Å². The number of rotatable bonds is 4. The first kappa shape index (κ1) is 16.6. The number of carbonyl (C=O) groups is 2. The molecule has 110 valence electrons. The smallest absolute Gasteiger partial charge is 0.380 e. The number of benzene rings is 1. The molecule has 0 aliphatic heterocycles. The van der Waals surface area contributed by atoms with Gasteiger partial charge in [0.2, 0.25) is 0 Å². The van der Waals surface area contributed by atoms with Crippen LogP contribution in [0.4, 0.5) is 8.78 Å². The maximum absolute atomic E-state index is 13.4. The van der Waals surface area contributed by atoms with Crippen LogP contribution in [0.1, 0.15) is 24.2 Å². The van der Waals surface area contributed by atoms with E-state index in [2.05, 4.69) is 4.74 Å². The molecule has 0 heterocycles. The van der Waals surface area contributed by atoms with Gasteiger partial charge in [0.15, 0.2) is 5.60 Å². The second-order valence-electron chi connectivity index (χ2n) is 4.44. The van der Waals surface area contributed by atoms with Crippen molar-refractivity contribution < 1.29 is 33.3 Å². The summed E-state index contributed by atoms with van der Waals surface area (Å²) in [7, 11) is 0. The summed E-state index contributed by atoms with van der Waals surface area (Å²) in [6.07, 6.45) is 0. The fraction of sp³-hybridized carbons (Fsp3) is 0.333. The number of phenolic OH excluding ortho intramolecular Hbond substituents is 1. The van der Waals surface area contributed by atoms with Gasteiger partial charge in [0, 0.05) is 3.57 Å². The summed E-state index contributed by atoms with van der Waals surface area (Å²) in [6, 6.07) is 3.96. The van der Waals surface area contributed by atoms with Gasteiger partial charge in [-0.25, -0.2) is 9.59 Å². The van der Waals surface area contributed by atoms with Crippen LogP contribution >= 0.6 is 22.6 Å². The minimum absolute atomic E-state index is 0.314. The molecule has 0 amide bonds. The van der Waals surface area contributed by atoms with Gasteiger partial charge in [0.25, 0.3) is 0 Å². The fourth-order valence-electron chi connectivity index (χ4n) is 1.28. The third kappa shape index (κ3) is 3.17. The third-order valence-electron chi connectivity index (χ3n) is 2.55. The lowest BCUT2D eigenvalue weighted by Crippen LogP contribution is -2.51. The van der Waals surface area contributed by atoms with Gasteiger partial charge in [0.05, 0.1) is 0 Å². The molecule has 0 bridgehead atoms. The summed E-state index contributed by atoms with van der Waals surface area (Å²) in [5, 5.41) is 18.0. The number of carbonyl (C=O) groups excluding carboxylic acids is 1.